The summed E-state index contributed by atoms with van der Waals surface area (Å²) >= 11 is 0. The summed E-state index contributed by atoms with van der Waals surface area (Å²) in [6.07, 6.45) is 11.6. The van der Waals surface area contributed by atoms with E-state index in [2.05, 4.69) is 11.8 Å². The Morgan fingerprint density at radius 3 is 2.25 bits per heavy atom. The molecule has 1 aromatic carbocycles. The molecule has 1 aromatic rings. The fourth-order valence-corrected chi connectivity index (χ4v) is 3.73. The van der Waals surface area contributed by atoms with Crippen molar-refractivity contribution in [1.82, 2.24) is 4.90 Å². The number of benzene rings is 1. The second-order valence-corrected chi connectivity index (χ2v) is 7.39. The summed E-state index contributed by atoms with van der Waals surface area (Å²) in [4.78, 5) is 2.49. The van der Waals surface area contributed by atoms with E-state index in [1.165, 1.54) is 58.0 Å². The highest BCUT2D eigenvalue weighted by Crippen LogP contribution is 2.32. The summed E-state index contributed by atoms with van der Waals surface area (Å²) in [5.41, 5.74) is 0.185. The predicted molar refractivity (Wildman–Crippen MR) is 100 cm³/mol. The lowest BCUT2D eigenvalue weighted by Crippen LogP contribution is -2.36. The van der Waals surface area contributed by atoms with Crippen LogP contribution >= 0.6 is 0 Å². The van der Waals surface area contributed by atoms with Crippen molar-refractivity contribution in [2.75, 3.05) is 19.6 Å². The molecule has 24 heavy (non-hydrogen) atoms. The number of phenols is 1. The highest BCUT2D eigenvalue weighted by Gasteiger charge is 2.29. The lowest BCUT2D eigenvalue weighted by Gasteiger charge is -2.33. The Morgan fingerprint density at radius 1 is 0.917 bits per heavy atom. The number of aromatic hydroxyl groups is 1. The van der Waals surface area contributed by atoms with Gasteiger partial charge in [0.05, 0.1) is 5.60 Å². The normalized spacial score (nSPS) is 18.4. The Bertz CT molecular complexity index is 453. The van der Waals surface area contributed by atoms with E-state index in [0.29, 0.717) is 0 Å². The Labute approximate surface area is 147 Å². The van der Waals surface area contributed by atoms with Gasteiger partial charge < -0.3 is 15.1 Å². The van der Waals surface area contributed by atoms with E-state index in [-0.39, 0.29) is 5.75 Å². The van der Waals surface area contributed by atoms with Crippen LogP contribution < -0.4 is 0 Å². The molecule has 0 amide bonds. The van der Waals surface area contributed by atoms with Crippen LogP contribution in [0.25, 0.3) is 0 Å². The molecular weight excluding hydrogens is 298 g/mol. The molecular formula is C21H35NO2. The second-order valence-electron chi connectivity index (χ2n) is 7.39. The SMILES string of the molecule is CCCCCCCC(O)(CCN1CCCCC1)c1ccc(O)cc1. The molecule has 2 N–H and O–H groups in total. The summed E-state index contributed by atoms with van der Waals surface area (Å²) in [6.45, 7) is 5.53. The van der Waals surface area contributed by atoms with Crippen LogP contribution in [0.15, 0.2) is 24.3 Å². The largest absolute Gasteiger partial charge is 0.508 e. The topological polar surface area (TPSA) is 43.7 Å². The van der Waals surface area contributed by atoms with E-state index in [9.17, 15) is 10.2 Å². The average Bonchev–Trinajstić information content (AvgIpc) is 2.61. The summed E-state index contributed by atoms with van der Waals surface area (Å²) < 4.78 is 0. The van der Waals surface area contributed by atoms with Crippen molar-refractivity contribution in [3.05, 3.63) is 29.8 Å². The molecule has 1 aliphatic heterocycles. The second kappa shape index (κ2) is 10.0. The summed E-state index contributed by atoms with van der Waals surface area (Å²) in [5, 5.41) is 20.9. The molecule has 1 atom stereocenters. The van der Waals surface area contributed by atoms with Gasteiger partial charge in [-0.3, -0.25) is 0 Å². The first-order valence-corrected chi connectivity index (χ1v) is 9.88. The van der Waals surface area contributed by atoms with Gasteiger partial charge in [0.25, 0.3) is 0 Å². The zero-order valence-electron chi connectivity index (χ0n) is 15.3. The molecule has 0 aliphatic carbocycles. The maximum atomic E-state index is 11.4. The van der Waals surface area contributed by atoms with Gasteiger partial charge in [0, 0.05) is 6.54 Å². The van der Waals surface area contributed by atoms with Crippen molar-refractivity contribution < 1.29 is 10.2 Å². The van der Waals surface area contributed by atoms with Gasteiger partial charge in [0.15, 0.2) is 0 Å². The first-order chi connectivity index (χ1) is 11.6. The smallest absolute Gasteiger partial charge is 0.115 e. The summed E-state index contributed by atoms with van der Waals surface area (Å²) in [5.74, 6) is 0.264. The van der Waals surface area contributed by atoms with Gasteiger partial charge in [-0.25, -0.2) is 0 Å². The van der Waals surface area contributed by atoms with E-state index < -0.39 is 5.60 Å². The molecule has 136 valence electrons. The van der Waals surface area contributed by atoms with Gasteiger partial charge in [-0.05, 0) is 56.5 Å². The van der Waals surface area contributed by atoms with E-state index in [4.69, 9.17) is 0 Å². The molecule has 3 heteroatoms. The van der Waals surface area contributed by atoms with Crippen LogP contribution in [0.4, 0.5) is 0 Å². The molecule has 0 spiro atoms. The third-order valence-corrected chi connectivity index (χ3v) is 5.39. The quantitative estimate of drug-likeness (QED) is 0.604. The number of unbranched alkanes of at least 4 members (excludes halogenated alkanes) is 4. The van der Waals surface area contributed by atoms with Gasteiger partial charge in [-0.15, -0.1) is 0 Å². The van der Waals surface area contributed by atoms with Gasteiger partial charge in [0.2, 0.25) is 0 Å². The zero-order chi connectivity index (χ0) is 17.3. The fourth-order valence-electron chi connectivity index (χ4n) is 3.73. The third kappa shape index (κ3) is 6.10. The average molecular weight is 334 g/mol. The molecule has 0 aromatic heterocycles. The lowest BCUT2D eigenvalue weighted by atomic mass is 9.85. The number of hydrogen-bond donors (Lipinski definition) is 2. The van der Waals surface area contributed by atoms with Crippen molar-refractivity contribution in [3.8, 4) is 5.75 Å². The number of aliphatic hydroxyl groups is 1. The van der Waals surface area contributed by atoms with Crippen LogP contribution in [0, 0.1) is 0 Å². The fraction of sp³-hybridized carbons (Fsp3) is 0.714. The van der Waals surface area contributed by atoms with Crippen molar-refractivity contribution in [1.29, 1.82) is 0 Å². The van der Waals surface area contributed by atoms with Crippen molar-refractivity contribution in [3.63, 3.8) is 0 Å². The highest BCUT2D eigenvalue weighted by molar-refractivity contribution is 5.30. The van der Waals surface area contributed by atoms with E-state index >= 15 is 0 Å². The number of phenolic OH excluding ortho intramolecular Hbond substituents is 1. The van der Waals surface area contributed by atoms with Crippen LogP contribution in [0.5, 0.6) is 5.75 Å². The highest BCUT2D eigenvalue weighted by atomic mass is 16.3. The maximum absolute atomic E-state index is 11.4. The predicted octanol–water partition coefficient (Wildman–Crippen LogP) is 4.82. The first kappa shape index (κ1) is 19.3. The van der Waals surface area contributed by atoms with Crippen molar-refractivity contribution in [2.24, 2.45) is 0 Å². The van der Waals surface area contributed by atoms with Crippen molar-refractivity contribution >= 4 is 0 Å². The zero-order valence-corrected chi connectivity index (χ0v) is 15.3. The molecule has 2 rings (SSSR count). The van der Waals surface area contributed by atoms with E-state index in [1.54, 1.807) is 12.1 Å². The first-order valence-electron chi connectivity index (χ1n) is 9.88. The van der Waals surface area contributed by atoms with E-state index in [1.807, 2.05) is 12.1 Å². The van der Waals surface area contributed by atoms with Crippen LogP contribution in [0.1, 0.15) is 76.7 Å². The number of rotatable bonds is 10. The van der Waals surface area contributed by atoms with Gasteiger partial charge in [-0.1, -0.05) is 57.6 Å². The number of likely N-dealkylation sites (tertiary alicyclic amines) is 1. The molecule has 0 radical (unpaired) electrons. The summed E-state index contributed by atoms with van der Waals surface area (Å²) in [7, 11) is 0. The van der Waals surface area contributed by atoms with Crippen LogP contribution in [-0.2, 0) is 5.60 Å². The molecule has 1 aliphatic rings. The maximum Gasteiger partial charge on any atom is 0.115 e. The van der Waals surface area contributed by atoms with Gasteiger partial charge in [-0.2, -0.15) is 0 Å². The molecule has 1 saturated heterocycles. The molecule has 0 saturated carbocycles. The van der Waals surface area contributed by atoms with Crippen LogP contribution in [-0.4, -0.2) is 34.7 Å². The molecule has 0 bridgehead atoms. The number of hydrogen-bond acceptors (Lipinski definition) is 3. The molecule has 3 nitrogen and oxygen atoms in total. The molecule has 1 unspecified atom stereocenters. The minimum absolute atomic E-state index is 0.264. The summed E-state index contributed by atoms with van der Waals surface area (Å²) in [6, 6.07) is 7.16. The molecule has 1 fully saturated rings. The molecule has 1 heterocycles. The number of piperidine rings is 1. The lowest BCUT2D eigenvalue weighted by molar-refractivity contribution is 0.00475. The number of nitrogens with zero attached hydrogens (tertiary/aromatic N) is 1. The minimum atomic E-state index is -0.767. The minimum Gasteiger partial charge on any atom is -0.508 e. The Morgan fingerprint density at radius 2 is 1.58 bits per heavy atom. The Kier molecular flexibility index (Phi) is 8.07. The van der Waals surface area contributed by atoms with Crippen molar-refractivity contribution in [2.45, 2.75) is 76.7 Å². The van der Waals surface area contributed by atoms with Crippen LogP contribution in [0.3, 0.4) is 0 Å². The Balaban J connectivity index is 1.95. The van der Waals surface area contributed by atoms with E-state index in [0.717, 1.165) is 31.4 Å². The van der Waals surface area contributed by atoms with Gasteiger partial charge >= 0.3 is 0 Å². The third-order valence-electron chi connectivity index (χ3n) is 5.39. The van der Waals surface area contributed by atoms with Crippen LogP contribution in [0.2, 0.25) is 0 Å². The monoisotopic (exact) mass is 333 g/mol. The Hall–Kier alpha value is -1.06. The standard InChI is InChI=1S/C21H35NO2/c1-2-3-4-5-7-14-21(24,19-10-12-20(23)13-11-19)15-18-22-16-8-6-9-17-22/h10-13,23-24H,2-9,14-18H2,1H3. The van der Waals surface area contributed by atoms with Gasteiger partial charge in [0.1, 0.15) is 5.75 Å².